The lowest BCUT2D eigenvalue weighted by atomic mass is 10.2. The van der Waals surface area contributed by atoms with E-state index in [4.69, 9.17) is 23.2 Å². The number of halogens is 3. The molecule has 142 valence electrons. The minimum atomic E-state index is -4.63. The van der Waals surface area contributed by atoms with Crippen molar-refractivity contribution in [3.63, 3.8) is 0 Å². The van der Waals surface area contributed by atoms with E-state index in [2.05, 4.69) is 15.4 Å². The van der Waals surface area contributed by atoms with Crippen LogP contribution >= 0.6 is 23.2 Å². The monoisotopic (exact) mass is 424 g/mol. The van der Waals surface area contributed by atoms with Crippen LogP contribution in [0.5, 0.6) is 5.75 Å². The maximum Gasteiger partial charge on any atom is 0.319 e. The predicted molar refractivity (Wildman–Crippen MR) is 94.1 cm³/mol. The molecule has 3 N–H and O–H groups in total. The molecule has 2 amide bonds. The van der Waals surface area contributed by atoms with Gasteiger partial charge < -0.3 is 20.5 Å². The first-order valence-corrected chi connectivity index (χ1v) is 9.85. The fourth-order valence-corrected chi connectivity index (χ4v) is 4.89. The SMILES string of the molecule is O=C(Nc1ccc(Cl)c(S(=O)(=O)C2(F)COC2)c1O)N[C@@H]1CCC=C1Cl. The van der Waals surface area contributed by atoms with Crippen LogP contribution in [0.2, 0.25) is 5.02 Å². The molecule has 26 heavy (non-hydrogen) atoms. The summed E-state index contributed by atoms with van der Waals surface area (Å²) in [6.07, 6.45) is 3.13. The molecule has 1 saturated heterocycles. The zero-order valence-corrected chi connectivity index (χ0v) is 15.6. The Kier molecular flexibility index (Phi) is 5.08. The number of aromatic hydroxyl groups is 1. The Hall–Kier alpha value is -1.55. The Labute approximate surface area is 159 Å². The summed E-state index contributed by atoms with van der Waals surface area (Å²) in [5.74, 6) is -0.843. The van der Waals surface area contributed by atoms with Gasteiger partial charge in [-0.2, -0.15) is 0 Å². The molecule has 1 fully saturated rings. The summed E-state index contributed by atoms with van der Waals surface area (Å²) in [4.78, 5) is 11.3. The molecular weight excluding hydrogens is 410 g/mol. The number of phenols is 1. The zero-order chi connectivity index (χ0) is 19.1. The molecule has 0 bridgehead atoms. The van der Waals surface area contributed by atoms with Crippen molar-refractivity contribution in [3.05, 3.63) is 28.3 Å². The first-order chi connectivity index (χ1) is 12.2. The molecule has 1 atom stereocenters. The molecule has 0 spiro atoms. The smallest absolute Gasteiger partial charge is 0.319 e. The van der Waals surface area contributed by atoms with Crippen LogP contribution in [-0.2, 0) is 14.6 Å². The van der Waals surface area contributed by atoms with Crippen molar-refractivity contribution in [1.82, 2.24) is 5.32 Å². The largest absolute Gasteiger partial charge is 0.504 e. The van der Waals surface area contributed by atoms with Crippen LogP contribution in [0.1, 0.15) is 12.8 Å². The number of rotatable bonds is 4. The van der Waals surface area contributed by atoms with E-state index in [0.29, 0.717) is 11.5 Å². The van der Waals surface area contributed by atoms with E-state index in [1.807, 2.05) is 0 Å². The quantitative estimate of drug-likeness (QED) is 0.644. The van der Waals surface area contributed by atoms with Gasteiger partial charge in [0.15, 0.2) is 5.75 Å². The molecule has 1 aliphatic heterocycles. The van der Waals surface area contributed by atoms with Gasteiger partial charge in [-0.05, 0) is 25.0 Å². The lowest BCUT2D eigenvalue weighted by molar-refractivity contribution is -0.0779. The minimum Gasteiger partial charge on any atom is -0.504 e. The minimum absolute atomic E-state index is 0.229. The van der Waals surface area contributed by atoms with Gasteiger partial charge in [-0.25, -0.2) is 17.6 Å². The Morgan fingerprint density at radius 1 is 1.35 bits per heavy atom. The molecule has 11 heteroatoms. The molecule has 1 heterocycles. The number of carbonyl (C=O) groups is 1. The zero-order valence-electron chi connectivity index (χ0n) is 13.3. The highest BCUT2D eigenvalue weighted by Crippen LogP contribution is 2.44. The van der Waals surface area contributed by atoms with E-state index in [1.54, 1.807) is 6.08 Å². The first-order valence-electron chi connectivity index (χ1n) is 7.61. The number of amides is 2. The van der Waals surface area contributed by atoms with E-state index in [-0.39, 0.29) is 16.8 Å². The molecular formula is C15H15Cl2FN2O5S. The summed E-state index contributed by atoms with van der Waals surface area (Å²) in [6.45, 7) is -1.31. The van der Waals surface area contributed by atoms with Crippen molar-refractivity contribution in [2.45, 2.75) is 28.8 Å². The number of alkyl halides is 1. The van der Waals surface area contributed by atoms with Gasteiger partial charge in [-0.3, -0.25) is 0 Å². The molecule has 2 aliphatic rings. The lowest BCUT2D eigenvalue weighted by Crippen LogP contribution is -2.51. The van der Waals surface area contributed by atoms with Crippen LogP contribution in [-0.4, -0.2) is 43.8 Å². The van der Waals surface area contributed by atoms with E-state index >= 15 is 0 Å². The number of urea groups is 1. The highest BCUT2D eigenvalue weighted by atomic mass is 35.5. The summed E-state index contributed by atoms with van der Waals surface area (Å²) >= 11 is 11.8. The summed E-state index contributed by atoms with van der Waals surface area (Å²) in [5, 5.41) is 12.7. The number of ether oxygens (including phenoxy) is 1. The average Bonchev–Trinajstić information content (AvgIpc) is 2.92. The van der Waals surface area contributed by atoms with E-state index in [1.165, 1.54) is 6.07 Å². The number of hydrogen-bond donors (Lipinski definition) is 3. The second kappa shape index (κ2) is 6.88. The fourth-order valence-electron chi connectivity index (χ4n) is 2.63. The normalized spacial score (nSPS) is 21.7. The van der Waals surface area contributed by atoms with Crippen LogP contribution < -0.4 is 10.6 Å². The highest BCUT2D eigenvalue weighted by molar-refractivity contribution is 7.93. The van der Waals surface area contributed by atoms with Crippen molar-refractivity contribution in [2.75, 3.05) is 18.5 Å². The average molecular weight is 425 g/mol. The third kappa shape index (κ3) is 3.24. The maximum atomic E-state index is 14.4. The second-order valence-corrected chi connectivity index (χ2v) is 8.96. The number of benzene rings is 1. The van der Waals surface area contributed by atoms with Gasteiger partial charge in [0.1, 0.15) is 4.90 Å². The molecule has 1 aromatic rings. The van der Waals surface area contributed by atoms with Gasteiger partial charge in [-0.1, -0.05) is 29.3 Å². The van der Waals surface area contributed by atoms with Gasteiger partial charge in [0.2, 0.25) is 9.84 Å². The van der Waals surface area contributed by atoms with Crippen molar-refractivity contribution >= 4 is 44.8 Å². The number of anilines is 1. The van der Waals surface area contributed by atoms with E-state index in [0.717, 1.165) is 12.5 Å². The number of nitrogens with one attached hydrogen (secondary N) is 2. The number of sulfone groups is 1. The molecule has 0 radical (unpaired) electrons. The molecule has 0 aromatic heterocycles. The molecule has 1 aromatic carbocycles. The van der Waals surface area contributed by atoms with Crippen molar-refractivity contribution in [2.24, 2.45) is 0 Å². The van der Waals surface area contributed by atoms with Gasteiger partial charge in [0.05, 0.1) is 30.0 Å². The molecule has 3 rings (SSSR count). The van der Waals surface area contributed by atoms with Gasteiger partial charge in [-0.15, -0.1) is 0 Å². The van der Waals surface area contributed by atoms with Crippen molar-refractivity contribution < 1.29 is 27.4 Å². The predicted octanol–water partition coefficient (Wildman–Crippen LogP) is 2.92. The Bertz CT molecular complexity index is 886. The van der Waals surface area contributed by atoms with Crippen molar-refractivity contribution in [1.29, 1.82) is 0 Å². The van der Waals surface area contributed by atoms with Crippen LogP contribution in [0, 0.1) is 0 Å². The summed E-state index contributed by atoms with van der Waals surface area (Å²) in [5.41, 5.74) is -0.229. The Morgan fingerprint density at radius 2 is 2.04 bits per heavy atom. The van der Waals surface area contributed by atoms with Crippen LogP contribution in [0.15, 0.2) is 28.1 Å². The molecule has 1 aliphatic carbocycles. The fraction of sp³-hybridized carbons (Fsp3) is 0.400. The standard InChI is InChI=1S/C15H15Cl2FN2O5S/c16-8-2-1-3-10(8)19-14(22)20-11-5-4-9(17)13(12(11)21)26(23,24)15(18)6-25-7-15/h2,4-5,10,21H,1,3,6-7H2,(H2,19,20,22)/t10-/m1/s1. The highest BCUT2D eigenvalue weighted by Gasteiger charge is 2.54. The Balaban J connectivity index is 1.86. The van der Waals surface area contributed by atoms with Gasteiger partial charge in [0, 0.05) is 5.03 Å². The van der Waals surface area contributed by atoms with Crippen LogP contribution in [0.4, 0.5) is 14.9 Å². The number of hydrogen-bond acceptors (Lipinski definition) is 5. The van der Waals surface area contributed by atoms with Crippen molar-refractivity contribution in [3.8, 4) is 5.75 Å². The maximum absolute atomic E-state index is 14.4. The summed E-state index contributed by atoms with van der Waals surface area (Å²) in [6, 6.07) is 1.29. The number of carbonyl (C=O) groups excluding carboxylic acids is 1. The van der Waals surface area contributed by atoms with Gasteiger partial charge in [0.25, 0.3) is 5.00 Å². The third-order valence-corrected chi connectivity index (χ3v) is 7.14. The van der Waals surface area contributed by atoms with Crippen LogP contribution in [0.25, 0.3) is 0 Å². The van der Waals surface area contributed by atoms with E-state index in [9.17, 15) is 22.7 Å². The van der Waals surface area contributed by atoms with E-state index < -0.39 is 44.7 Å². The molecule has 7 nitrogen and oxygen atoms in total. The Morgan fingerprint density at radius 3 is 2.58 bits per heavy atom. The van der Waals surface area contributed by atoms with Crippen LogP contribution in [0.3, 0.4) is 0 Å². The first kappa shape index (κ1) is 19.2. The topological polar surface area (TPSA) is 105 Å². The number of allylic oxidation sites excluding steroid dienone is 1. The molecule has 0 unspecified atom stereocenters. The molecule has 0 saturated carbocycles. The van der Waals surface area contributed by atoms with Gasteiger partial charge >= 0.3 is 6.03 Å². The lowest BCUT2D eigenvalue weighted by Gasteiger charge is -2.33. The summed E-state index contributed by atoms with van der Waals surface area (Å²) in [7, 11) is -4.63. The summed E-state index contributed by atoms with van der Waals surface area (Å²) < 4.78 is 44.0. The number of phenolic OH excluding ortho intramolecular Hbond substituents is 1. The second-order valence-electron chi connectivity index (χ2n) is 5.97. The third-order valence-electron chi connectivity index (χ3n) is 4.15.